The first-order chi connectivity index (χ1) is 10.6. The number of ketones is 1. The first-order valence-corrected chi connectivity index (χ1v) is 9.78. The second kappa shape index (κ2) is 18.3. The van der Waals surface area contributed by atoms with E-state index in [-0.39, 0.29) is 18.4 Å². The SMILES string of the molecule is CCCCCCCCCCCCCCCC(=O)C(C)N(C)C.Cl. The quantitative estimate of drug-likeness (QED) is 0.301. The van der Waals surface area contributed by atoms with E-state index in [1.165, 1.54) is 77.0 Å². The zero-order valence-electron chi connectivity index (χ0n) is 16.2. The van der Waals surface area contributed by atoms with Crippen molar-refractivity contribution in [3.63, 3.8) is 0 Å². The smallest absolute Gasteiger partial charge is 0.149 e. The summed E-state index contributed by atoms with van der Waals surface area (Å²) in [5.41, 5.74) is 0. The van der Waals surface area contributed by atoms with Crippen molar-refractivity contribution < 1.29 is 4.79 Å². The molecule has 0 rings (SSSR count). The summed E-state index contributed by atoms with van der Waals surface area (Å²) in [4.78, 5) is 13.8. The zero-order valence-corrected chi connectivity index (χ0v) is 17.1. The van der Waals surface area contributed by atoms with E-state index in [0.29, 0.717) is 5.78 Å². The summed E-state index contributed by atoms with van der Waals surface area (Å²) in [6, 6.07) is 0.0809. The van der Waals surface area contributed by atoms with E-state index in [1.54, 1.807) is 0 Å². The van der Waals surface area contributed by atoms with Crippen LogP contribution >= 0.6 is 12.4 Å². The van der Waals surface area contributed by atoms with Crippen LogP contribution in [0.5, 0.6) is 0 Å². The molecule has 0 aromatic rings. The van der Waals surface area contributed by atoms with Crippen molar-refractivity contribution in [2.24, 2.45) is 0 Å². The highest BCUT2D eigenvalue weighted by Gasteiger charge is 2.13. The van der Waals surface area contributed by atoms with Crippen molar-refractivity contribution in [3.8, 4) is 0 Å². The Balaban J connectivity index is 0. The van der Waals surface area contributed by atoms with E-state index in [9.17, 15) is 4.79 Å². The van der Waals surface area contributed by atoms with Gasteiger partial charge in [0.15, 0.2) is 0 Å². The van der Waals surface area contributed by atoms with Gasteiger partial charge in [-0.1, -0.05) is 84.0 Å². The van der Waals surface area contributed by atoms with E-state index in [2.05, 4.69) is 6.92 Å². The van der Waals surface area contributed by atoms with Gasteiger partial charge in [-0.15, -0.1) is 12.4 Å². The summed E-state index contributed by atoms with van der Waals surface area (Å²) >= 11 is 0. The summed E-state index contributed by atoms with van der Waals surface area (Å²) in [6.45, 7) is 4.28. The minimum atomic E-state index is 0. The van der Waals surface area contributed by atoms with Gasteiger partial charge in [0, 0.05) is 6.42 Å². The Morgan fingerprint density at radius 2 is 1.09 bits per heavy atom. The van der Waals surface area contributed by atoms with Gasteiger partial charge in [0.05, 0.1) is 6.04 Å². The van der Waals surface area contributed by atoms with Gasteiger partial charge in [0.1, 0.15) is 5.78 Å². The lowest BCUT2D eigenvalue weighted by molar-refractivity contribution is -0.123. The number of carbonyl (C=O) groups excluding carboxylic acids is 1. The maximum atomic E-state index is 11.8. The Labute approximate surface area is 152 Å². The molecule has 0 aliphatic heterocycles. The fourth-order valence-corrected chi connectivity index (χ4v) is 2.81. The normalized spacial score (nSPS) is 12.2. The number of carbonyl (C=O) groups is 1. The van der Waals surface area contributed by atoms with Crippen LogP contribution in [-0.2, 0) is 4.79 Å². The second-order valence-electron chi connectivity index (χ2n) is 7.10. The molecule has 0 aromatic heterocycles. The van der Waals surface area contributed by atoms with E-state index in [0.717, 1.165) is 12.8 Å². The molecule has 0 aromatic carbocycles. The van der Waals surface area contributed by atoms with Crippen LogP contribution in [-0.4, -0.2) is 30.8 Å². The number of unbranched alkanes of at least 4 members (excludes halogenated alkanes) is 12. The molecule has 0 saturated carbocycles. The topological polar surface area (TPSA) is 20.3 Å². The molecule has 0 aliphatic rings. The van der Waals surface area contributed by atoms with Crippen molar-refractivity contribution in [3.05, 3.63) is 0 Å². The standard InChI is InChI=1S/C20H41NO.ClH/c1-5-6-7-8-9-10-11-12-13-14-15-16-17-18-20(22)19(2)21(3)4;/h19H,5-18H2,1-4H3;1H. The fraction of sp³-hybridized carbons (Fsp3) is 0.950. The monoisotopic (exact) mass is 347 g/mol. The predicted molar refractivity (Wildman–Crippen MR) is 106 cm³/mol. The van der Waals surface area contributed by atoms with E-state index in [4.69, 9.17) is 0 Å². The Morgan fingerprint density at radius 3 is 1.43 bits per heavy atom. The molecule has 0 saturated heterocycles. The van der Waals surface area contributed by atoms with Crippen molar-refractivity contribution in [2.45, 2.75) is 110 Å². The molecular formula is C20H42ClNO. The minimum absolute atomic E-state index is 0. The second-order valence-corrected chi connectivity index (χ2v) is 7.10. The Kier molecular flexibility index (Phi) is 20.0. The highest BCUT2D eigenvalue weighted by atomic mass is 35.5. The van der Waals surface area contributed by atoms with Crippen LogP contribution < -0.4 is 0 Å². The van der Waals surface area contributed by atoms with Crippen molar-refractivity contribution in [1.29, 1.82) is 0 Å². The molecular weight excluding hydrogens is 306 g/mol. The summed E-state index contributed by atoms with van der Waals surface area (Å²) in [5, 5.41) is 0. The lowest BCUT2D eigenvalue weighted by Gasteiger charge is -2.18. The molecule has 2 nitrogen and oxygen atoms in total. The summed E-state index contributed by atoms with van der Waals surface area (Å²) in [7, 11) is 3.96. The van der Waals surface area contributed by atoms with Crippen molar-refractivity contribution in [2.75, 3.05) is 14.1 Å². The van der Waals surface area contributed by atoms with E-state index < -0.39 is 0 Å². The van der Waals surface area contributed by atoms with E-state index >= 15 is 0 Å². The molecule has 140 valence electrons. The van der Waals surface area contributed by atoms with E-state index in [1.807, 2.05) is 25.9 Å². The molecule has 0 N–H and O–H groups in total. The van der Waals surface area contributed by atoms with Crippen LogP contribution in [0.1, 0.15) is 104 Å². The summed E-state index contributed by atoms with van der Waals surface area (Å²) < 4.78 is 0. The van der Waals surface area contributed by atoms with Crippen molar-refractivity contribution in [1.82, 2.24) is 4.90 Å². The third-order valence-electron chi connectivity index (χ3n) is 4.77. The fourth-order valence-electron chi connectivity index (χ4n) is 2.81. The molecule has 0 radical (unpaired) electrons. The number of nitrogens with zero attached hydrogens (tertiary/aromatic N) is 1. The molecule has 23 heavy (non-hydrogen) atoms. The van der Waals surface area contributed by atoms with Gasteiger partial charge in [-0.05, 0) is 27.4 Å². The van der Waals surface area contributed by atoms with Crippen LogP contribution in [0.25, 0.3) is 0 Å². The van der Waals surface area contributed by atoms with Gasteiger partial charge < -0.3 is 0 Å². The lowest BCUT2D eigenvalue weighted by Crippen LogP contribution is -2.32. The number of halogens is 1. The van der Waals surface area contributed by atoms with Crippen LogP contribution in [0.3, 0.4) is 0 Å². The average Bonchev–Trinajstić information content (AvgIpc) is 2.50. The van der Waals surface area contributed by atoms with Gasteiger partial charge in [0.2, 0.25) is 0 Å². The number of rotatable bonds is 16. The molecule has 1 unspecified atom stereocenters. The Bertz CT molecular complexity index is 256. The molecule has 0 aliphatic carbocycles. The summed E-state index contributed by atoms with van der Waals surface area (Å²) in [6.07, 6.45) is 18.4. The molecule has 3 heteroatoms. The molecule has 0 spiro atoms. The molecule has 0 heterocycles. The van der Waals surface area contributed by atoms with Gasteiger partial charge in [0.25, 0.3) is 0 Å². The highest BCUT2D eigenvalue weighted by molar-refractivity contribution is 5.85. The Morgan fingerprint density at radius 1 is 0.739 bits per heavy atom. The minimum Gasteiger partial charge on any atom is -0.300 e. The Hall–Kier alpha value is -0.0800. The third kappa shape index (κ3) is 16.6. The van der Waals surface area contributed by atoms with Crippen LogP contribution in [0.15, 0.2) is 0 Å². The zero-order chi connectivity index (χ0) is 16.6. The third-order valence-corrected chi connectivity index (χ3v) is 4.77. The van der Waals surface area contributed by atoms with Crippen LogP contribution in [0.4, 0.5) is 0 Å². The molecule has 1 atom stereocenters. The van der Waals surface area contributed by atoms with Crippen LogP contribution in [0, 0.1) is 0 Å². The van der Waals surface area contributed by atoms with Gasteiger partial charge in [-0.3, -0.25) is 9.69 Å². The van der Waals surface area contributed by atoms with Gasteiger partial charge in [-0.2, -0.15) is 0 Å². The highest BCUT2D eigenvalue weighted by Crippen LogP contribution is 2.13. The molecule has 0 amide bonds. The maximum Gasteiger partial charge on any atom is 0.149 e. The number of Topliss-reactive ketones (excluding diaryl/α,β-unsaturated/α-hetero) is 1. The number of likely N-dealkylation sites (N-methyl/N-ethyl adjacent to an activating group) is 1. The first kappa shape index (κ1) is 25.2. The van der Waals surface area contributed by atoms with Gasteiger partial charge in [-0.25, -0.2) is 0 Å². The number of hydrogen-bond donors (Lipinski definition) is 0. The molecule has 0 fully saturated rings. The van der Waals surface area contributed by atoms with Crippen LogP contribution in [0.2, 0.25) is 0 Å². The average molecular weight is 348 g/mol. The maximum absolute atomic E-state index is 11.8. The van der Waals surface area contributed by atoms with Crippen molar-refractivity contribution >= 4 is 18.2 Å². The first-order valence-electron chi connectivity index (χ1n) is 9.78. The predicted octanol–water partition coefficient (Wildman–Crippen LogP) is 6.41. The lowest BCUT2D eigenvalue weighted by atomic mass is 10.0. The van der Waals surface area contributed by atoms with Gasteiger partial charge >= 0.3 is 0 Å². The largest absolute Gasteiger partial charge is 0.300 e. The number of hydrogen-bond acceptors (Lipinski definition) is 2. The molecule has 0 bridgehead atoms. The summed E-state index contributed by atoms with van der Waals surface area (Å²) in [5.74, 6) is 0.396.